The quantitative estimate of drug-likeness (QED) is 0.308. The highest BCUT2D eigenvalue weighted by molar-refractivity contribution is 14.0. The molecule has 0 spiro atoms. The maximum atomic E-state index is 5.91. The summed E-state index contributed by atoms with van der Waals surface area (Å²) in [6, 6.07) is 17.9. The monoisotopic (exact) mass is 495 g/mol. The lowest BCUT2D eigenvalue weighted by Gasteiger charge is -2.11. The lowest BCUT2D eigenvalue weighted by atomic mass is 10.2. The third kappa shape index (κ3) is 6.55. The summed E-state index contributed by atoms with van der Waals surface area (Å²) in [5, 5.41) is 11.8. The highest BCUT2D eigenvalue weighted by atomic mass is 127. The average Bonchev–Trinajstić information content (AvgIpc) is 3.15. The van der Waals surface area contributed by atoms with Crippen molar-refractivity contribution in [3.05, 3.63) is 83.1 Å². The van der Waals surface area contributed by atoms with E-state index in [1.165, 1.54) is 5.56 Å². The second-order valence-electron chi connectivity index (χ2n) is 5.86. The molecule has 3 rings (SSSR count). The van der Waals surface area contributed by atoms with Crippen LogP contribution in [0.2, 0.25) is 5.02 Å². The number of aromatic nitrogens is 2. The summed E-state index contributed by atoms with van der Waals surface area (Å²) >= 11 is 5.91. The van der Waals surface area contributed by atoms with Crippen molar-refractivity contribution in [2.24, 2.45) is 4.99 Å². The van der Waals surface area contributed by atoms with Crippen LogP contribution in [0.5, 0.6) is 0 Å². The molecule has 0 amide bonds. The van der Waals surface area contributed by atoms with Crippen LogP contribution in [0.4, 0.5) is 0 Å². The molecule has 0 aliphatic heterocycles. The number of aliphatic imine (C=N–C) groups is 1. The molecule has 0 saturated carbocycles. The van der Waals surface area contributed by atoms with Crippen molar-refractivity contribution < 1.29 is 0 Å². The summed E-state index contributed by atoms with van der Waals surface area (Å²) in [5.74, 6) is 0.774. The molecule has 7 heteroatoms. The van der Waals surface area contributed by atoms with Gasteiger partial charge in [-0.05, 0) is 41.8 Å². The van der Waals surface area contributed by atoms with Gasteiger partial charge < -0.3 is 10.6 Å². The van der Waals surface area contributed by atoms with Crippen LogP contribution in [-0.2, 0) is 13.0 Å². The molecule has 0 saturated heterocycles. The summed E-state index contributed by atoms with van der Waals surface area (Å²) in [6.45, 7) is 1.48. The smallest absolute Gasteiger partial charge is 0.191 e. The SMILES string of the molecule is CN=C(NCCc1cnn(-c2ccccc2)c1)NCc1ccc(Cl)cc1.I. The third-order valence-corrected chi connectivity index (χ3v) is 4.21. The summed E-state index contributed by atoms with van der Waals surface area (Å²) in [6.07, 6.45) is 4.83. The zero-order valence-corrected chi connectivity index (χ0v) is 18.2. The Bertz CT molecular complexity index is 846. The van der Waals surface area contributed by atoms with E-state index in [1.54, 1.807) is 7.05 Å². The molecule has 27 heavy (non-hydrogen) atoms. The topological polar surface area (TPSA) is 54.2 Å². The molecular formula is C20H23ClIN5. The Kier molecular flexibility index (Phi) is 8.60. The molecule has 0 aliphatic rings. The Labute approximate surface area is 181 Å². The fourth-order valence-corrected chi connectivity index (χ4v) is 2.67. The summed E-state index contributed by atoms with van der Waals surface area (Å²) in [4.78, 5) is 4.25. The van der Waals surface area contributed by atoms with Crippen LogP contribution in [0.3, 0.4) is 0 Å². The number of hydrogen-bond acceptors (Lipinski definition) is 2. The van der Waals surface area contributed by atoms with E-state index < -0.39 is 0 Å². The van der Waals surface area contributed by atoms with Gasteiger partial charge in [-0.25, -0.2) is 4.68 Å². The maximum Gasteiger partial charge on any atom is 0.191 e. The fourth-order valence-electron chi connectivity index (χ4n) is 2.55. The first-order valence-electron chi connectivity index (χ1n) is 8.52. The van der Waals surface area contributed by atoms with Gasteiger partial charge in [-0.3, -0.25) is 4.99 Å². The van der Waals surface area contributed by atoms with Crippen molar-refractivity contribution >= 4 is 41.5 Å². The van der Waals surface area contributed by atoms with Crippen LogP contribution in [0.25, 0.3) is 5.69 Å². The molecule has 0 fully saturated rings. The van der Waals surface area contributed by atoms with Gasteiger partial charge in [0.05, 0.1) is 11.9 Å². The van der Waals surface area contributed by atoms with Gasteiger partial charge in [0.15, 0.2) is 5.96 Å². The largest absolute Gasteiger partial charge is 0.356 e. The van der Waals surface area contributed by atoms with Crippen LogP contribution in [0, 0.1) is 0 Å². The number of halogens is 2. The van der Waals surface area contributed by atoms with Gasteiger partial charge in [-0.1, -0.05) is 41.9 Å². The Morgan fingerprint density at radius 3 is 2.48 bits per heavy atom. The Morgan fingerprint density at radius 1 is 1.04 bits per heavy atom. The van der Waals surface area contributed by atoms with E-state index >= 15 is 0 Å². The van der Waals surface area contributed by atoms with Crippen molar-refractivity contribution in [3.63, 3.8) is 0 Å². The number of rotatable bonds is 6. The van der Waals surface area contributed by atoms with Crippen LogP contribution < -0.4 is 10.6 Å². The minimum Gasteiger partial charge on any atom is -0.356 e. The van der Waals surface area contributed by atoms with E-state index in [-0.39, 0.29) is 24.0 Å². The Hall–Kier alpha value is -2.06. The lowest BCUT2D eigenvalue weighted by molar-refractivity contribution is 0.794. The van der Waals surface area contributed by atoms with Gasteiger partial charge in [0.2, 0.25) is 0 Å². The molecular weight excluding hydrogens is 473 g/mol. The average molecular weight is 496 g/mol. The zero-order valence-electron chi connectivity index (χ0n) is 15.1. The van der Waals surface area contributed by atoms with Gasteiger partial charge in [-0.15, -0.1) is 24.0 Å². The molecule has 1 heterocycles. The van der Waals surface area contributed by atoms with Crippen molar-refractivity contribution in [2.75, 3.05) is 13.6 Å². The first kappa shape index (κ1) is 21.2. The molecule has 1 aromatic heterocycles. The van der Waals surface area contributed by atoms with Crippen molar-refractivity contribution in [3.8, 4) is 5.69 Å². The normalized spacial score (nSPS) is 11.0. The molecule has 142 valence electrons. The summed E-state index contributed by atoms with van der Waals surface area (Å²) in [5.41, 5.74) is 3.39. The molecule has 0 aliphatic carbocycles. The number of benzene rings is 2. The minimum absolute atomic E-state index is 0. The van der Waals surface area contributed by atoms with E-state index in [2.05, 4.69) is 26.9 Å². The number of hydrogen-bond donors (Lipinski definition) is 2. The van der Waals surface area contributed by atoms with Gasteiger partial charge in [0.1, 0.15) is 0 Å². The molecule has 0 bridgehead atoms. The Morgan fingerprint density at radius 2 is 1.78 bits per heavy atom. The first-order valence-corrected chi connectivity index (χ1v) is 8.90. The fraction of sp³-hybridized carbons (Fsp3) is 0.200. The minimum atomic E-state index is 0. The van der Waals surface area contributed by atoms with Crippen LogP contribution in [-0.4, -0.2) is 29.3 Å². The van der Waals surface area contributed by atoms with E-state index in [1.807, 2.05) is 65.5 Å². The molecule has 0 unspecified atom stereocenters. The van der Waals surface area contributed by atoms with Crippen LogP contribution in [0.15, 0.2) is 72.0 Å². The van der Waals surface area contributed by atoms with Crippen molar-refractivity contribution in [1.29, 1.82) is 0 Å². The van der Waals surface area contributed by atoms with Crippen LogP contribution >= 0.6 is 35.6 Å². The number of para-hydroxylation sites is 1. The van der Waals surface area contributed by atoms with E-state index in [0.717, 1.165) is 35.2 Å². The molecule has 2 aromatic carbocycles. The molecule has 2 N–H and O–H groups in total. The summed E-state index contributed by atoms with van der Waals surface area (Å²) in [7, 11) is 1.77. The second-order valence-corrected chi connectivity index (χ2v) is 6.29. The van der Waals surface area contributed by atoms with Crippen molar-refractivity contribution in [1.82, 2.24) is 20.4 Å². The maximum absolute atomic E-state index is 5.91. The highest BCUT2D eigenvalue weighted by Gasteiger charge is 2.02. The molecule has 3 aromatic rings. The first-order chi connectivity index (χ1) is 12.7. The van der Waals surface area contributed by atoms with Gasteiger partial charge >= 0.3 is 0 Å². The molecule has 0 radical (unpaired) electrons. The highest BCUT2D eigenvalue weighted by Crippen LogP contribution is 2.09. The number of nitrogens with zero attached hydrogens (tertiary/aromatic N) is 3. The van der Waals surface area contributed by atoms with Crippen molar-refractivity contribution in [2.45, 2.75) is 13.0 Å². The van der Waals surface area contributed by atoms with Gasteiger partial charge in [0.25, 0.3) is 0 Å². The molecule has 5 nitrogen and oxygen atoms in total. The van der Waals surface area contributed by atoms with Gasteiger partial charge in [0, 0.05) is 31.4 Å². The van der Waals surface area contributed by atoms with E-state index in [0.29, 0.717) is 6.54 Å². The zero-order chi connectivity index (χ0) is 18.2. The van der Waals surface area contributed by atoms with Gasteiger partial charge in [-0.2, -0.15) is 5.10 Å². The summed E-state index contributed by atoms with van der Waals surface area (Å²) < 4.78 is 1.89. The van der Waals surface area contributed by atoms with E-state index in [4.69, 9.17) is 11.6 Å². The number of nitrogens with one attached hydrogen (secondary N) is 2. The van der Waals surface area contributed by atoms with Crippen LogP contribution in [0.1, 0.15) is 11.1 Å². The third-order valence-electron chi connectivity index (χ3n) is 3.96. The predicted octanol–water partition coefficient (Wildman–Crippen LogP) is 4.05. The second kappa shape index (κ2) is 10.9. The predicted molar refractivity (Wildman–Crippen MR) is 122 cm³/mol. The van der Waals surface area contributed by atoms with E-state index in [9.17, 15) is 0 Å². The number of guanidine groups is 1. The standard InChI is InChI=1S/C20H22ClN5.HI/c1-22-20(24-13-16-7-9-18(21)10-8-16)23-12-11-17-14-25-26(15-17)19-5-3-2-4-6-19;/h2-10,14-15H,11-13H2,1H3,(H2,22,23,24);1H. The lowest BCUT2D eigenvalue weighted by Crippen LogP contribution is -2.37. The molecule has 0 atom stereocenters. The Balaban J connectivity index is 0.00000261.